The molecule has 0 spiro atoms. The zero-order valence-electron chi connectivity index (χ0n) is 15.1. The Kier molecular flexibility index (Phi) is 4.73. The van der Waals surface area contributed by atoms with E-state index in [4.69, 9.17) is 4.74 Å². The average molecular weight is 352 g/mol. The first-order valence-corrected chi connectivity index (χ1v) is 9.32. The maximum absolute atomic E-state index is 12.1. The fraction of sp³-hybridized carbons (Fsp3) is 0.450. The van der Waals surface area contributed by atoms with Gasteiger partial charge in [-0.05, 0) is 30.4 Å². The van der Waals surface area contributed by atoms with E-state index in [1.54, 1.807) is 4.90 Å². The van der Waals surface area contributed by atoms with E-state index in [-0.39, 0.29) is 6.09 Å². The van der Waals surface area contributed by atoms with E-state index in [2.05, 4.69) is 46.5 Å². The largest absolute Gasteiger partial charge is 0.449 e. The van der Waals surface area contributed by atoms with Crippen LogP contribution in [0.5, 0.6) is 0 Å². The number of ether oxygens (including phenoxy) is 1. The van der Waals surface area contributed by atoms with Crippen LogP contribution in [0.2, 0.25) is 0 Å². The number of rotatable bonds is 5. The van der Waals surface area contributed by atoms with Gasteiger partial charge in [-0.2, -0.15) is 0 Å². The summed E-state index contributed by atoms with van der Waals surface area (Å²) in [5, 5.41) is 3.45. The second-order valence-corrected chi connectivity index (χ2v) is 7.01. The van der Waals surface area contributed by atoms with E-state index in [0.717, 1.165) is 36.9 Å². The Labute approximate surface area is 153 Å². The number of hydrogen-bond acceptors (Lipinski definition) is 5. The van der Waals surface area contributed by atoms with Gasteiger partial charge in [0.15, 0.2) is 0 Å². The third-order valence-electron chi connectivity index (χ3n) is 5.02. The van der Waals surface area contributed by atoms with E-state index in [9.17, 15) is 4.79 Å². The van der Waals surface area contributed by atoms with Crippen molar-refractivity contribution >= 4 is 12.0 Å². The lowest BCUT2D eigenvalue weighted by Gasteiger charge is -2.14. The van der Waals surface area contributed by atoms with Crippen LogP contribution in [0.3, 0.4) is 0 Å². The molecule has 0 fully saturated rings. The van der Waals surface area contributed by atoms with Crippen molar-refractivity contribution in [1.29, 1.82) is 0 Å². The number of amides is 1. The molecule has 6 heteroatoms. The van der Waals surface area contributed by atoms with Crippen molar-refractivity contribution in [3.05, 3.63) is 52.8 Å². The van der Waals surface area contributed by atoms with Crippen LogP contribution in [-0.4, -0.2) is 33.6 Å². The SMILES string of the molecule is CCCCOC(=O)N1Cc2cnc(NC3Cc4ccccc4C3)nc2C1. The first-order valence-electron chi connectivity index (χ1n) is 9.32. The van der Waals surface area contributed by atoms with Crippen LogP contribution in [0, 0.1) is 0 Å². The molecule has 0 bridgehead atoms. The summed E-state index contributed by atoms with van der Waals surface area (Å²) in [5.41, 5.74) is 4.70. The molecule has 4 rings (SSSR count). The highest BCUT2D eigenvalue weighted by molar-refractivity contribution is 5.68. The summed E-state index contributed by atoms with van der Waals surface area (Å²) in [6.45, 7) is 3.56. The Balaban J connectivity index is 1.36. The van der Waals surface area contributed by atoms with Gasteiger partial charge in [-0.25, -0.2) is 14.8 Å². The molecule has 0 radical (unpaired) electrons. The third-order valence-corrected chi connectivity index (χ3v) is 5.02. The van der Waals surface area contributed by atoms with Crippen LogP contribution < -0.4 is 5.32 Å². The van der Waals surface area contributed by atoms with Gasteiger partial charge < -0.3 is 10.1 Å². The summed E-state index contributed by atoms with van der Waals surface area (Å²) in [6, 6.07) is 8.86. The molecule has 0 saturated heterocycles. The van der Waals surface area contributed by atoms with Crippen molar-refractivity contribution < 1.29 is 9.53 Å². The van der Waals surface area contributed by atoms with E-state index in [1.807, 2.05) is 6.20 Å². The minimum atomic E-state index is -0.266. The molecule has 26 heavy (non-hydrogen) atoms. The number of benzene rings is 1. The Hall–Kier alpha value is -2.63. The molecule has 6 nitrogen and oxygen atoms in total. The zero-order chi connectivity index (χ0) is 17.9. The summed E-state index contributed by atoms with van der Waals surface area (Å²) in [6.07, 6.45) is 5.45. The van der Waals surface area contributed by atoms with Crippen LogP contribution in [-0.2, 0) is 30.7 Å². The maximum atomic E-state index is 12.1. The standard InChI is InChI=1S/C20H24N4O2/c1-2-3-8-26-20(25)24-12-16-11-21-19(23-18(16)13-24)22-17-9-14-6-4-5-7-15(14)10-17/h4-7,11,17H,2-3,8-10,12-13H2,1H3,(H,21,22,23). The Bertz CT molecular complexity index is 783. The van der Waals surface area contributed by atoms with Crippen molar-refractivity contribution in [2.45, 2.75) is 51.7 Å². The molecule has 0 saturated carbocycles. The minimum Gasteiger partial charge on any atom is -0.449 e. The van der Waals surface area contributed by atoms with Crippen molar-refractivity contribution in [3.63, 3.8) is 0 Å². The van der Waals surface area contributed by atoms with Crippen LogP contribution >= 0.6 is 0 Å². The third kappa shape index (κ3) is 3.49. The second-order valence-electron chi connectivity index (χ2n) is 7.01. The van der Waals surface area contributed by atoms with Gasteiger partial charge in [0.05, 0.1) is 25.4 Å². The predicted octanol–water partition coefficient (Wildman–Crippen LogP) is 3.31. The van der Waals surface area contributed by atoms with Gasteiger partial charge in [-0.15, -0.1) is 0 Å². The number of aromatic nitrogens is 2. The lowest BCUT2D eigenvalue weighted by atomic mass is 10.1. The number of unbranched alkanes of at least 4 members (excludes halogenated alkanes) is 1. The quantitative estimate of drug-likeness (QED) is 0.836. The summed E-state index contributed by atoms with van der Waals surface area (Å²) in [5.74, 6) is 0.641. The Morgan fingerprint density at radius 1 is 1.23 bits per heavy atom. The van der Waals surface area contributed by atoms with Gasteiger partial charge in [0.1, 0.15) is 0 Å². The summed E-state index contributed by atoms with van der Waals surface area (Å²) in [7, 11) is 0. The zero-order valence-corrected chi connectivity index (χ0v) is 15.1. The fourth-order valence-electron chi connectivity index (χ4n) is 3.59. The highest BCUT2D eigenvalue weighted by atomic mass is 16.6. The van der Waals surface area contributed by atoms with Crippen LogP contribution in [0.15, 0.2) is 30.5 Å². The number of carbonyl (C=O) groups is 1. The van der Waals surface area contributed by atoms with Crippen molar-refractivity contribution in [1.82, 2.24) is 14.9 Å². The van der Waals surface area contributed by atoms with E-state index < -0.39 is 0 Å². The molecule has 1 aromatic heterocycles. The Morgan fingerprint density at radius 2 is 2.00 bits per heavy atom. The molecule has 1 aliphatic carbocycles. The maximum Gasteiger partial charge on any atom is 0.410 e. The first-order chi connectivity index (χ1) is 12.7. The normalized spacial score (nSPS) is 15.7. The lowest BCUT2D eigenvalue weighted by molar-refractivity contribution is 0.100. The van der Waals surface area contributed by atoms with Gasteiger partial charge in [0.2, 0.25) is 5.95 Å². The smallest absolute Gasteiger partial charge is 0.410 e. The molecule has 1 aliphatic heterocycles. The molecule has 136 valence electrons. The molecule has 1 aromatic carbocycles. The van der Waals surface area contributed by atoms with Crippen LogP contribution in [0.1, 0.15) is 42.1 Å². The van der Waals surface area contributed by atoms with E-state index in [1.165, 1.54) is 11.1 Å². The molecule has 0 atom stereocenters. The number of hydrogen-bond donors (Lipinski definition) is 1. The average Bonchev–Trinajstić information content (AvgIpc) is 3.24. The molecular weight excluding hydrogens is 328 g/mol. The van der Waals surface area contributed by atoms with Gasteiger partial charge in [0.25, 0.3) is 0 Å². The van der Waals surface area contributed by atoms with Crippen LogP contribution in [0.25, 0.3) is 0 Å². The number of nitrogens with one attached hydrogen (secondary N) is 1. The highest BCUT2D eigenvalue weighted by Gasteiger charge is 2.27. The fourth-order valence-corrected chi connectivity index (χ4v) is 3.59. The highest BCUT2D eigenvalue weighted by Crippen LogP contribution is 2.25. The van der Waals surface area contributed by atoms with Gasteiger partial charge >= 0.3 is 6.09 Å². The van der Waals surface area contributed by atoms with Crippen molar-refractivity contribution in [3.8, 4) is 0 Å². The van der Waals surface area contributed by atoms with Crippen LogP contribution in [0.4, 0.5) is 10.7 Å². The summed E-state index contributed by atoms with van der Waals surface area (Å²) >= 11 is 0. The van der Waals surface area contributed by atoms with Gasteiger partial charge in [0, 0.05) is 17.8 Å². The molecule has 2 aromatic rings. The number of nitrogens with zero attached hydrogens (tertiary/aromatic N) is 3. The van der Waals surface area contributed by atoms with Gasteiger partial charge in [-0.1, -0.05) is 37.6 Å². The summed E-state index contributed by atoms with van der Waals surface area (Å²) < 4.78 is 5.29. The molecule has 1 amide bonds. The number of anilines is 1. The number of fused-ring (bicyclic) bond motifs is 2. The van der Waals surface area contributed by atoms with E-state index in [0.29, 0.717) is 31.7 Å². The second kappa shape index (κ2) is 7.32. The molecule has 1 N–H and O–H groups in total. The first kappa shape index (κ1) is 16.8. The summed E-state index contributed by atoms with van der Waals surface area (Å²) in [4.78, 5) is 22.9. The Morgan fingerprint density at radius 3 is 2.73 bits per heavy atom. The van der Waals surface area contributed by atoms with E-state index >= 15 is 0 Å². The molecule has 2 aliphatic rings. The number of carbonyl (C=O) groups excluding carboxylic acids is 1. The molecular formula is C20H24N4O2. The van der Waals surface area contributed by atoms with Gasteiger partial charge in [-0.3, -0.25) is 4.90 Å². The molecule has 0 unspecified atom stereocenters. The van der Waals surface area contributed by atoms with Crippen molar-refractivity contribution in [2.75, 3.05) is 11.9 Å². The molecule has 2 heterocycles. The topological polar surface area (TPSA) is 67.3 Å². The minimum absolute atomic E-state index is 0.266. The monoisotopic (exact) mass is 352 g/mol. The predicted molar refractivity (Wildman–Crippen MR) is 98.8 cm³/mol. The van der Waals surface area contributed by atoms with Crippen molar-refractivity contribution in [2.24, 2.45) is 0 Å². The lowest BCUT2D eigenvalue weighted by Crippen LogP contribution is -2.26.